The number of benzene rings is 1. The number of ketones is 1. The van der Waals surface area contributed by atoms with E-state index in [1.165, 1.54) is 7.11 Å². The highest BCUT2D eigenvalue weighted by molar-refractivity contribution is 6.35. The summed E-state index contributed by atoms with van der Waals surface area (Å²) in [5.74, 6) is -0.560. The summed E-state index contributed by atoms with van der Waals surface area (Å²) in [5, 5.41) is 1.13. The monoisotopic (exact) mass is 382 g/mol. The number of rotatable bonds is 6. The van der Waals surface area contributed by atoms with Crippen LogP contribution in [0, 0.1) is 13.8 Å². The van der Waals surface area contributed by atoms with Crippen LogP contribution >= 0.6 is 23.2 Å². The van der Waals surface area contributed by atoms with Crippen LogP contribution in [0.5, 0.6) is 0 Å². The van der Waals surface area contributed by atoms with Gasteiger partial charge in [-0.15, -0.1) is 0 Å². The number of H-pyrrole nitrogens is 1. The van der Waals surface area contributed by atoms with Crippen molar-refractivity contribution >= 4 is 35.0 Å². The zero-order valence-corrected chi connectivity index (χ0v) is 16.1. The number of hydrogen-bond donors (Lipinski definition) is 1. The third-order valence-electron chi connectivity index (χ3n) is 3.97. The topological polar surface area (TPSA) is 62.4 Å². The van der Waals surface area contributed by atoms with E-state index in [9.17, 15) is 9.59 Å². The van der Waals surface area contributed by atoms with Gasteiger partial charge in [0.15, 0.2) is 5.78 Å². The van der Waals surface area contributed by atoms with Crippen LogP contribution in [-0.4, -0.2) is 42.3 Å². The summed E-state index contributed by atoms with van der Waals surface area (Å²) in [5.41, 5.74) is 2.94. The average molecular weight is 383 g/mol. The molecule has 2 aromatic rings. The first-order valence-corrected chi connectivity index (χ1v) is 8.43. The number of methoxy groups -OCH3 is 1. The summed E-state index contributed by atoms with van der Waals surface area (Å²) < 4.78 is 4.77. The molecule has 0 aliphatic carbocycles. The van der Waals surface area contributed by atoms with Gasteiger partial charge in [0.05, 0.1) is 24.9 Å². The van der Waals surface area contributed by atoms with Crippen LogP contribution in [-0.2, 0) is 11.3 Å². The standard InChI is InChI=1S/C18H20Cl2N2O3/c1-10-16(18(24)25-4)11(2)21-17(10)15(23)9-22(3)8-12-5-6-13(19)7-14(12)20/h5-7,21H,8-9H2,1-4H3. The van der Waals surface area contributed by atoms with Crippen molar-refractivity contribution in [3.8, 4) is 0 Å². The van der Waals surface area contributed by atoms with E-state index in [4.69, 9.17) is 27.9 Å². The molecule has 0 radical (unpaired) electrons. The number of likely N-dealkylation sites (N-methyl/N-ethyl adjacent to an activating group) is 1. The zero-order valence-electron chi connectivity index (χ0n) is 14.6. The molecule has 0 unspecified atom stereocenters. The Labute approximate surface area is 156 Å². The second kappa shape index (κ2) is 8.04. The minimum atomic E-state index is -0.452. The smallest absolute Gasteiger partial charge is 0.339 e. The summed E-state index contributed by atoms with van der Waals surface area (Å²) in [6.07, 6.45) is 0. The number of halogens is 2. The Morgan fingerprint density at radius 2 is 1.92 bits per heavy atom. The Balaban J connectivity index is 2.13. The molecule has 0 bridgehead atoms. The van der Waals surface area contributed by atoms with Crippen LogP contribution < -0.4 is 0 Å². The number of aryl methyl sites for hydroxylation is 1. The lowest BCUT2D eigenvalue weighted by atomic mass is 10.1. The van der Waals surface area contributed by atoms with E-state index in [-0.39, 0.29) is 12.3 Å². The van der Waals surface area contributed by atoms with Crippen molar-refractivity contribution in [2.45, 2.75) is 20.4 Å². The van der Waals surface area contributed by atoms with Crippen molar-refractivity contribution in [2.75, 3.05) is 20.7 Å². The Morgan fingerprint density at radius 3 is 2.52 bits per heavy atom. The van der Waals surface area contributed by atoms with E-state index in [2.05, 4.69) is 4.98 Å². The quantitative estimate of drug-likeness (QED) is 0.604. The number of aromatic amines is 1. The van der Waals surface area contributed by atoms with Crippen molar-refractivity contribution < 1.29 is 14.3 Å². The number of nitrogens with zero attached hydrogens (tertiary/aromatic N) is 1. The van der Waals surface area contributed by atoms with Gasteiger partial charge < -0.3 is 9.72 Å². The molecule has 25 heavy (non-hydrogen) atoms. The Morgan fingerprint density at radius 1 is 1.24 bits per heavy atom. The van der Waals surface area contributed by atoms with Gasteiger partial charge in [-0.3, -0.25) is 9.69 Å². The third kappa shape index (κ3) is 4.42. The molecule has 0 fully saturated rings. The lowest BCUT2D eigenvalue weighted by Gasteiger charge is -2.16. The molecular weight excluding hydrogens is 363 g/mol. The number of Topliss-reactive ketones (excluding diaryl/α,β-unsaturated/α-hetero) is 1. The van der Waals surface area contributed by atoms with Gasteiger partial charge in [-0.2, -0.15) is 0 Å². The van der Waals surface area contributed by atoms with Crippen LogP contribution in [0.2, 0.25) is 10.0 Å². The molecule has 0 atom stereocenters. The maximum atomic E-state index is 12.6. The summed E-state index contributed by atoms with van der Waals surface area (Å²) in [4.78, 5) is 29.3. The molecule has 134 valence electrons. The van der Waals surface area contributed by atoms with Crippen molar-refractivity contribution in [1.82, 2.24) is 9.88 Å². The number of nitrogens with one attached hydrogen (secondary N) is 1. The maximum absolute atomic E-state index is 12.6. The predicted molar refractivity (Wildman–Crippen MR) is 98.7 cm³/mol. The van der Waals surface area contributed by atoms with E-state index >= 15 is 0 Å². The maximum Gasteiger partial charge on any atom is 0.339 e. The first-order valence-electron chi connectivity index (χ1n) is 7.67. The molecule has 1 heterocycles. The minimum Gasteiger partial charge on any atom is -0.465 e. The molecule has 7 heteroatoms. The van der Waals surface area contributed by atoms with Gasteiger partial charge in [-0.1, -0.05) is 29.3 Å². The van der Waals surface area contributed by atoms with Crippen molar-refractivity contribution in [2.24, 2.45) is 0 Å². The Kier molecular flexibility index (Phi) is 6.27. The van der Waals surface area contributed by atoms with Crippen molar-refractivity contribution in [3.63, 3.8) is 0 Å². The van der Waals surface area contributed by atoms with Gasteiger partial charge in [-0.05, 0) is 44.2 Å². The summed E-state index contributed by atoms with van der Waals surface area (Å²) in [7, 11) is 3.15. The predicted octanol–water partition coefficient (Wildman–Crippen LogP) is 4.04. The van der Waals surface area contributed by atoms with E-state index in [1.54, 1.807) is 26.0 Å². The molecule has 0 spiro atoms. The van der Waals surface area contributed by atoms with E-state index in [1.807, 2.05) is 18.0 Å². The van der Waals surface area contributed by atoms with Crippen LogP contribution in [0.25, 0.3) is 0 Å². The van der Waals surface area contributed by atoms with Gasteiger partial charge in [0, 0.05) is 22.3 Å². The highest BCUT2D eigenvalue weighted by atomic mass is 35.5. The molecule has 5 nitrogen and oxygen atoms in total. The number of carbonyl (C=O) groups is 2. The minimum absolute atomic E-state index is 0.108. The zero-order chi connectivity index (χ0) is 18.7. The van der Waals surface area contributed by atoms with Crippen molar-refractivity contribution in [3.05, 3.63) is 56.3 Å². The first kappa shape index (κ1) is 19.5. The number of ether oxygens (including phenoxy) is 1. The fraction of sp³-hybridized carbons (Fsp3) is 0.333. The van der Waals surface area contributed by atoms with Gasteiger partial charge in [0.2, 0.25) is 0 Å². The lowest BCUT2D eigenvalue weighted by molar-refractivity contribution is 0.0599. The molecule has 0 saturated carbocycles. The van der Waals surface area contributed by atoms with E-state index in [0.29, 0.717) is 39.1 Å². The lowest BCUT2D eigenvalue weighted by Crippen LogP contribution is -2.26. The molecule has 0 saturated heterocycles. The molecule has 0 amide bonds. The fourth-order valence-electron chi connectivity index (χ4n) is 2.76. The SMILES string of the molecule is COC(=O)c1c(C)[nH]c(C(=O)CN(C)Cc2ccc(Cl)cc2Cl)c1C. The molecule has 1 aromatic heterocycles. The molecule has 0 aliphatic rings. The Bertz CT molecular complexity index is 815. The number of aromatic nitrogens is 1. The number of hydrogen-bond acceptors (Lipinski definition) is 4. The molecule has 2 rings (SSSR count). The van der Waals surface area contributed by atoms with Crippen molar-refractivity contribution in [1.29, 1.82) is 0 Å². The average Bonchev–Trinajstić information content (AvgIpc) is 2.84. The van der Waals surface area contributed by atoms with Gasteiger partial charge in [0.1, 0.15) is 0 Å². The Hall–Kier alpha value is -1.82. The summed E-state index contributed by atoms with van der Waals surface area (Å²) in [6.45, 7) is 4.16. The first-order chi connectivity index (χ1) is 11.7. The van der Waals surface area contributed by atoms with Crippen LogP contribution in [0.1, 0.15) is 37.7 Å². The van der Waals surface area contributed by atoms with Crippen LogP contribution in [0.15, 0.2) is 18.2 Å². The number of esters is 1. The van der Waals surface area contributed by atoms with E-state index in [0.717, 1.165) is 5.56 Å². The van der Waals surface area contributed by atoms with Gasteiger partial charge >= 0.3 is 5.97 Å². The van der Waals surface area contributed by atoms with Crippen LogP contribution in [0.4, 0.5) is 0 Å². The fourth-order valence-corrected chi connectivity index (χ4v) is 3.23. The second-order valence-corrected chi connectivity index (χ2v) is 6.79. The third-order valence-corrected chi connectivity index (χ3v) is 4.56. The number of carbonyl (C=O) groups excluding carboxylic acids is 2. The largest absolute Gasteiger partial charge is 0.465 e. The van der Waals surface area contributed by atoms with Gasteiger partial charge in [-0.25, -0.2) is 4.79 Å². The summed E-state index contributed by atoms with van der Waals surface area (Å²) in [6, 6.07) is 5.28. The second-order valence-electron chi connectivity index (χ2n) is 5.95. The normalized spacial score (nSPS) is 11.0. The highest BCUT2D eigenvalue weighted by Crippen LogP contribution is 2.23. The summed E-state index contributed by atoms with van der Waals surface area (Å²) >= 11 is 12.1. The molecular formula is C18H20Cl2N2O3. The molecule has 1 N–H and O–H groups in total. The van der Waals surface area contributed by atoms with E-state index < -0.39 is 5.97 Å². The molecule has 1 aromatic carbocycles. The molecule has 0 aliphatic heterocycles. The highest BCUT2D eigenvalue weighted by Gasteiger charge is 2.23. The van der Waals surface area contributed by atoms with Gasteiger partial charge in [0.25, 0.3) is 0 Å². The van der Waals surface area contributed by atoms with Crippen LogP contribution in [0.3, 0.4) is 0 Å².